The number of carboxylic acids is 1. The van der Waals surface area contributed by atoms with Gasteiger partial charge in [-0.2, -0.15) is 5.10 Å². The molecule has 43 heavy (non-hydrogen) atoms. The average molecular weight is 618 g/mol. The molecule has 0 amide bonds. The van der Waals surface area contributed by atoms with Crippen molar-refractivity contribution in [2.45, 2.75) is 45.4 Å². The lowest BCUT2D eigenvalue weighted by Crippen LogP contribution is -2.46. The molecular formula is C33H36ClN5O3S. The normalized spacial score (nSPS) is 17.2. The Labute approximate surface area is 260 Å². The van der Waals surface area contributed by atoms with E-state index in [4.69, 9.17) is 21.3 Å². The van der Waals surface area contributed by atoms with Crippen molar-refractivity contribution in [3.05, 3.63) is 76.4 Å². The lowest BCUT2D eigenvalue weighted by Gasteiger charge is -2.39. The van der Waals surface area contributed by atoms with Crippen molar-refractivity contribution in [1.29, 1.82) is 0 Å². The van der Waals surface area contributed by atoms with Crippen molar-refractivity contribution in [2.75, 3.05) is 31.6 Å². The number of piperazine rings is 1. The van der Waals surface area contributed by atoms with Gasteiger partial charge in [0.1, 0.15) is 0 Å². The van der Waals surface area contributed by atoms with Gasteiger partial charge in [-0.15, -0.1) is 0 Å². The molecule has 1 fully saturated rings. The van der Waals surface area contributed by atoms with Crippen molar-refractivity contribution in [2.24, 2.45) is 7.05 Å². The average Bonchev–Trinajstić information content (AvgIpc) is 3.54. The number of ether oxygens (including phenoxy) is 1. The first-order valence-corrected chi connectivity index (χ1v) is 15.6. The van der Waals surface area contributed by atoms with E-state index in [0.29, 0.717) is 10.6 Å². The van der Waals surface area contributed by atoms with Crippen LogP contribution >= 0.6 is 22.9 Å². The Morgan fingerprint density at radius 1 is 1.12 bits per heavy atom. The van der Waals surface area contributed by atoms with Gasteiger partial charge in [0.05, 0.1) is 33.6 Å². The highest BCUT2D eigenvalue weighted by Gasteiger charge is 2.33. The van der Waals surface area contributed by atoms with Crippen molar-refractivity contribution >= 4 is 55.2 Å². The number of aryl methyl sites for hydroxylation is 2. The van der Waals surface area contributed by atoms with E-state index in [2.05, 4.69) is 40.1 Å². The molecule has 5 aromatic rings. The first-order valence-electron chi connectivity index (χ1n) is 14.4. The highest BCUT2D eigenvalue weighted by atomic mass is 35.5. The number of fused-ring (bicyclic) bond motifs is 2. The maximum Gasteiger partial charge on any atom is 0.337 e. The first-order chi connectivity index (χ1) is 20.4. The number of nitrogens with zero attached hydrogens (tertiary/aromatic N) is 5. The van der Waals surface area contributed by atoms with Gasteiger partial charge in [0.25, 0.3) is 0 Å². The molecule has 10 heteroatoms. The largest absolute Gasteiger partial charge is 0.479 e. The zero-order valence-electron chi connectivity index (χ0n) is 25.3. The molecule has 0 unspecified atom stereocenters. The molecule has 0 bridgehead atoms. The Hall–Kier alpha value is -3.50. The van der Waals surface area contributed by atoms with E-state index in [0.717, 1.165) is 62.6 Å². The Bertz CT molecular complexity index is 1820. The zero-order valence-corrected chi connectivity index (χ0v) is 26.8. The fourth-order valence-electron chi connectivity index (χ4n) is 5.96. The summed E-state index contributed by atoms with van der Waals surface area (Å²) in [6, 6.07) is 16.3. The van der Waals surface area contributed by atoms with Gasteiger partial charge in [-0.05, 0) is 81.8 Å². The molecule has 1 aliphatic heterocycles. The number of benzene rings is 3. The van der Waals surface area contributed by atoms with Gasteiger partial charge in [0.2, 0.25) is 0 Å². The van der Waals surface area contributed by atoms with Crippen molar-refractivity contribution in [3.8, 4) is 11.1 Å². The smallest absolute Gasteiger partial charge is 0.337 e. The van der Waals surface area contributed by atoms with E-state index in [1.54, 1.807) is 11.3 Å². The number of rotatable bonds is 6. The number of likely N-dealkylation sites (N-methyl/N-ethyl adjacent to an activating group) is 1. The molecule has 224 valence electrons. The van der Waals surface area contributed by atoms with E-state index in [1.165, 1.54) is 5.56 Å². The molecule has 0 radical (unpaired) electrons. The van der Waals surface area contributed by atoms with Crippen LogP contribution in [0.5, 0.6) is 0 Å². The lowest BCUT2D eigenvalue weighted by atomic mass is 9.91. The molecule has 0 saturated carbocycles. The summed E-state index contributed by atoms with van der Waals surface area (Å²) < 4.78 is 9.00. The predicted octanol–water partition coefficient (Wildman–Crippen LogP) is 7.25. The minimum atomic E-state index is -1.14. The standard InChI is InChI=1S/C33H36ClN5O3S/c1-19-15-24-30(28(20-7-10-23(34)11-8-20)27(19)29(31(40)41)42-33(2,3)4)43-32(36-24)39-14-13-37(5)26(18-39)21-9-12-25-22(16-21)17-35-38(25)6/h7-12,15-17,26,29H,13-14,18H2,1-6H3,(H,40,41)/t26-,29-/m0/s1. The fraction of sp³-hybridized carbons (Fsp3) is 0.364. The van der Waals surface area contributed by atoms with Crippen molar-refractivity contribution in [3.63, 3.8) is 0 Å². The number of halogens is 1. The van der Waals surface area contributed by atoms with Crippen LogP contribution in [0.3, 0.4) is 0 Å². The van der Waals surface area contributed by atoms with Crippen LogP contribution in [-0.4, -0.2) is 63.0 Å². The van der Waals surface area contributed by atoms with Crippen molar-refractivity contribution < 1.29 is 14.6 Å². The van der Waals surface area contributed by atoms with Crippen LogP contribution in [-0.2, 0) is 16.6 Å². The molecule has 6 rings (SSSR count). The fourth-order valence-corrected chi connectivity index (χ4v) is 7.25. The third-order valence-corrected chi connectivity index (χ3v) is 9.48. The molecule has 3 heterocycles. The van der Waals surface area contributed by atoms with Crippen LogP contribution in [0.15, 0.2) is 54.7 Å². The molecule has 1 aliphatic rings. The SMILES string of the molecule is Cc1cc2nc(N3CCN(C)[C@H](c4ccc5c(cnn5C)c4)C3)sc2c(-c2ccc(Cl)cc2)c1[C@H](OC(C)(C)C)C(=O)O. The van der Waals surface area contributed by atoms with Gasteiger partial charge < -0.3 is 14.7 Å². The van der Waals surface area contributed by atoms with Gasteiger partial charge in [-0.1, -0.05) is 41.1 Å². The second-order valence-electron chi connectivity index (χ2n) is 12.3. The number of thiazole rings is 1. The molecule has 2 aromatic heterocycles. The summed E-state index contributed by atoms with van der Waals surface area (Å²) in [5.74, 6) is -1.02. The number of hydrogen-bond donors (Lipinski definition) is 1. The quantitative estimate of drug-likeness (QED) is 0.215. The molecule has 2 atom stereocenters. The summed E-state index contributed by atoms with van der Waals surface area (Å²) in [5, 5.41) is 17.4. The molecule has 3 aromatic carbocycles. The Balaban J connectivity index is 1.45. The van der Waals surface area contributed by atoms with Gasteiger partial charge >= 0.3 is 5.97 Å². The number of carbonyl (C=O) groups is 1. The maximum atomic E-state index is 12.7. The second-order valence-corrected chi connectivity index (χ2v) is 13.7. The topological polar surface area (TPSA) is 83.7 Å². The second kappa shape index (κ2) is 11.2. The van der Waals surface area contributed by atoms with E-state index in [1.807, 2.05) is 76.0 Å². The summed E-state index contributed by atoms with van der Waals surface area (Å²) in [5.41, 5.74) is 5.74. The van der Waals surface area contributed by atoms with E-state index >= 15 is 0 Å². The third-order valence-electron chi connectivity index (χ3n) is 8.08. The van der Waals surface area contributed by atoms with Crippen LogP contribution < -0.4 is 4.90 Å². The molecule has 8 nitrogen and oxygen atoms in total. The number of aromatic nitrogens is 3. The molecule has 1 N–H and O–H groups in total. The van der Waals surface area contributed by atoms with Crippen LogP contribution in [0.2, 0.25) is 5.02 Å². The summed E-state index contributed by atoms with van der Waals surface area (Å²) >= 11 is 7.86. The number of carboxylic acid groups (broad SMARTS) is 1. The maximum absolute atomic E-state index is 12.7. The van der Waals surface area contributed by atoms with Gasteiger partial charge in [-0.25, -0.2) is 9.78 Å². The summed E-state index contributed by atoms with van der Waals surface area (Å²) in [6.45, 7) is 10.1. The monoisotopic (exact) mass is 617 g/mol. The van der Waals surface area contributed by atoms with E-state index in [-0.39, 0.29) is 6.04 Å². The minimum absolute atomic E-state index is 0.190. The van der Waals surface area contributed by atoms with Crippen LogP contribution in [0, 0.1) is 6.92 Å². The zero-order chi connectivity index (χ0) is 30.6. The van der Waals surface area contributed by atoms with Crippen molar-refractivity contribution in [1.82, 2.24) is 19.7 Å². The number of aliphatic carboxylic acids is 1. The Morgan fingerprint density at radius 3 is 2.56 bits per heavy atom. The number of hydrogen-bond acceptors (Lipinski definition) is 7. The van der Waals surface area contributed by atoms with E-state index in [9.17, 15) is 9.90 Å². The van der Waals surface area contributed by atoms with Gasteiger partial charge in [-0.3, -0.25) is 9.58 Å². The Morgan fingerprint density at radius 2 is 1.86 bits per heavy atom. The van der Waals surface area contributed by atoms with Gasteiger partial charge in [0.15, 0.2) is 11.2 Å². The summed E-state index contributed by atoms with van der Waals surface area (Å²) in [4.78, 5) is 22.5. The van der Waals surface area contributed by atoms with Crippen LogP contribution in [0.1, 0.15) is 49.6 Å². The molecular weight excluding hydrogens is 582 g/mol. The summed E-state index contributed by atoms with van der Waals surface area (Å²) in [6.07, 6.45) is 0.773. The summed E-state index contributed by atoms with van der Waals surface area (Å²) in [7, 11) is 4.13. The number of anilines is 1. The van der Waals surface area contributed by atoms with Crippen LogP contribution in [0.4, 0.5) is 5.13 Å². The van der Waals surface area contributed by atoms with Gasteiger partial charge in [0, 0.05) is 48.2 Å². The Kier molecular flexibility index (Phi) is 7.71. The van der Waals surface area contributed by atoms with E-state index < -0.39 is 17.7 Å². The highest BCUT2D eigenvalue weighted by molar-refractivity contribution is 7.22. The molecule has 1 saturated heterocycles. The highest BCUT2D eigenvalue weighted by Crippen LogP contribution is 2.45. The third kappa shape index (κ3) is 5.74. The predicted molar refractivity (Wildman–Crippen MR) is 174 cm³/mol. The van der Waals surface area contributed by atoms with Crippen LogP contribution in [0.25, 0.3) is 32.2 Å². The molecule has 0 aliphatic carbocycles. The first kappa shape index (κ1) is 29.6. The lowest BCUT2D eigenvalue weighted by molar-refractivity contribution is -0.160. The molecule has 0 spiro atoms. The minimum Gasteiger partial charge on any atom is -0.479 e.